The van der Waals surface area contributed by atoms with Crippen LogP contribution in [-0.2, 0) is 14.3 Å². The second-order valence-corrected chi connectivity index (χ2v) is 5.92. The van der Waals surface area contributed by atoms with Gasteiger partial charge in [-0.15, -0.1) is 0 Å². The van der Waals surface area contributed by atoms with Gasteiger partial charge in [0.05, 0.1) is 12.7 Å². The van der Waals surface area contributed by atoms with E-state index in [1.807, 2.05) is 31.6 Å². The molecule has 0 heterocycles. The lowest BCUT2D eigenvalue weighted by Gasteiger charge is -2.31. The molecule has 130 valence electrons. The Morgan fingerprint density at radius 2 is 1.73 bits per heavy atom. The molecule has 0 aromatic heterocycles. The van der Waals surface area contributed by atoms with E-state index in [1.165, 1.54) is 0 Å². The molecule has 0 spiro atoms. The first-order valence-electron chi connectivity index (χ1n) is 7.61. The van der Waals surface area contributed by atoms with E-state index in [1.54, 1.807) is 0 Å². The molecule has 1 atom stereocenters. The van der Waals surface area contributed by atoms with Crippen molar-refractivity contribution >= 4 is 11.8 Å². The zero-order valence-electron chi connectivity index (χ0n) is 13.7. The summed E-state index contributed by atoms with van der Waals surface area (Å²) < 4.78 is 5.36. The lowest BCUT2D eigenvalue weighted by Crippen LogP contribution is -2.56. The van der Waals surface area contributed by atoms with Gasteiger partial charge in [-0.2, -0.15) is 0 Å². The molecule has 0 saturated heterocycles. The van der Waals surface area contributed by atoms with Gasteiger partial charge in [-0.1, -0.05) is 33.6 Å². The summed E-state index contributed by atoms with van der Waals surface area (Å²) in [7, 11) is 0. The van der Waals surface area contributed by atoms with Gasteiger partial charge in [-0.3, -0.25) is 20.4 Å². The highest BCUT2D eigenvalue weighted by Crippen LogP contribution is 2.31. The first kappa shape index (κ1) is 20.8. The minimum absolute atomic E-state index is 0.0434. The minimum Gasteiger partial charge on any atom is -0.391 e. The second-order valence-electron chi connectivity index (χ2n) is 5.92. The van der Waals surface area contributed by atoms with Gasteiger partial charge in [0.15, 0.2) is 0 Å². The zero-order chi connectivity index (χ0) is 17.2. The fraction of sp³-hybridized carbons (Fsp3) is 0.857. The molecule has 8 heteroatoms. The predicted octanol–water partition coefficient (Wildman–Crippen LogP) is -0.434. The Labute approximate surface area is 131 Å². The predicted molar refractivity (Wildman–Crippen MR) is 82.9 cm³/mol. The Bertz CT molecular complexity index is 334. The summed E-state index contributed by atoms with van der Waals surface area (Å²) in [5.74, 6) is 9.42. The molecule has 8 nitrogen and oxygen atoms in total. The van der Waals surface area contributed by atoms with Crippen molar-refractivity contribution in [1.29, 1.82) is 0 Å². The molecule has 0 rings (SSSR count). The summed E-state index contributed by atoms with van der Waals surface area (Å²) in [6, 6.07) is 0. The van der Waals surface area contributed by atoms with Crippen LogP contribution in [0, 0.1) is 11.3 Å². The molecule has 0 bridgehead atoms. The lowest BCUT2D eigenvalue weighted by atomic mass is 9.76. The Morgan fingerprint density at radius 1 is 1.18 bits per heavy atom. The van der Waals surface area contributed by atoms with Crippen LogP contribution in [0.2, 0.25) is 0 Å². The fourth-order valence-corrected chi connectivity index (χ4v) is 2.27. The van der Waals surface area contributed by atoms with E-state index in [4.69, 9.17) is 16.4 Å². The molecule has 0 radical (unpaired) electrons. The van der Waals surface area contributed by atoms with Crippen molar-refractivity contribution in [1.82, 2.24) is 10.9 Å². The third kappa shape index (κ3) is 6.27. The highest BCUT2D eigenvalue weighted by Gasteiger charge is 2.46. The Balaban J connectivity index is 5.02. The molecule has 0 aromatic carbocycles. The smallest absolute Gasteiger partial charge is 0.249 e. The van der Waals surface area contributed by atoms with Crippen LogP contribution in [0.3, 0.4) is 0 Å². The van der Waals surface area contributed by atoms with Crippen molar-refractivity contribution in [2.45, 2.75) is 52.6 Å². The maximum Gasteiger partial charge on any atom is 0.249 e. The van der Waals surface area contributed by atoms with E-state index in [-0.39, 0.29) is 19.4 Å². The van der Waals surface area contributed by atoms with Crippen LogP contribution < -0.4 is 22.5 Å². The number of aliphatic hydroxyl groups is 1. The molecular formula is C14H30N4O4. The molecule has 1 unspecified atom stereocenters. The maximum atomic E-state index is 12.2. The summed E-state index contributed by atoms with van der Waals surface area (Å²) in [5.41, 5.74) is 2.51. The van der Waals surface area contributed by atoms with E-state index in [2.05, 4.69) is 0 Å². The van der Waals surface area contributed by atoms with Crippen LogP contribution in [0.5, 0.6) is 0 Å². The molecule has 0 aromatic rings. The van der Waals surface area contributed by atoms with Crippen LogP contribution in [0.1, 0.15) is 46.5 Å². The van der Waals surface area contributed by atoms with E-state index < -0.39 is 23.3 Å². The van der Waals surface area contributed by atoms with Crippen molar-refractivity contribution in [3.63, 3.8) is 0 Å². The normalized spacial score (nSPS) is 13.0. The number of hydrogen-bond donors (Lipinski definition) is 5. The molecule has 0 aliphatic carbocycles. The number of hydrogen-bond acceptors (Lipinski definition) is 6. The van der Waals surface area contributed by atoms with Crippen molar-refractivity contribution in [2.24, 2.45) is 23.0 Å². The first-order chi connectivity index (χ1) is 10.3. The topological polar surface area (TPSA) is 140 Å². The summed E-state index contributed by atoms with van der Waals surface area (Å²) in [6.07, 6.45) is 0.594. The van der Waals surface area contributed by atoms with Gasteiger partial charge in [-0.25, -0.2) is 11.7 Å². The van der Waals surface area contributed by atoms with Crippen LogP contribution in [0.4, 0.5) is 0 Å². The number of carbonyl (C=O) groups excluding carboxylic acids is 2. The molecule has 0 aliphatic heterocycles. The second kappa shape index (κ2) is 10.5. The number of nitrogens with two attached hydrogens (primary N) is 2. The van der Waals surface area contributed by atoms with Crippen LogP contribution in [-0.4, -0.2) is 36.2 Å². The van der Waals surface area contributed by atoms with Crippen molar-refractivity contribution in [2.75, 3.05) is 13.2 Å². The number of carbonyl (C=O) groups is 2. The summed E-state index contributed by atoms with van der Waals surface area (Å²) in [5, 5.41) is 10.1. The van der Waals surface area contributed by atoms with Gasteiger partial charge in [-0.05, 0) is 18.8 Å². The standard InChI is InChI=1S/C14H30N4O4/c1-4-5-6-14(12(20)17-15,13(21)18-16)7-11(19)9-22-8-10(2)3/h10-11,19H,4-9,15-16H2,1-3H3,(H,17,20)(H,18,21). The maximum absolute atomic E-state index is 12.2. The SMILES string of the molecule is CCCCC(CC(O)COCC(C)C)(C(=O)NN)C(=O)NN. The monoisotopic (exact) mass is 318 g/mol. The lowest BCUT2D eigenvalue weighted by molar-refractivity contribution is -0.147. The third-order valence-corrected chi connectivity index (χ3v) is 3.43. The van der Waals surface area contributed by atoms with Gasteiger partial charge in [0.2, 0.25) is 11.8 Å². The number of aliphatic hydroxyl groups excluding tert-OH is 1. The summed E-state index contributed by atoms with van der Waals surface area (Å²) >= 11 is 0. The number of amides is 2. The van der Waals surface area contributed by atoms with E-state index in [0.29, 0.717) is 18.9 Å². The van der Waals surface area contributed by atoms with Gasteiger partial charge in [0.1, 0.15) is 5.41 Å². The molecule has 0 fully saturated rings. The highest BCUT2D eigenvalue weighted by atomic mass is 16.5. The first-order valence-corrected chi connectivity index (χ1v) is 7.61. The van der Waals surface area contributed by atoms with Crippen LogP contribution in [0.15, 0.2) is 0 Å². The molecule has 0 saturated carbocycles. The minimum atomic E-state index is -1.50. The van der Waals surface area contributed by atoms with Gasteiger partial charge >= 0.3 is 0 Å². The fourth-order valence-electron chi connectivity index (χ4n) is 2.27. The summed E-state index contributed by atoms with van der Waals surface area (Å²) in [4.78, 5) is 24.3. The van der Waals surface area contributed by atoms with Crippen molar-refractivity contribution in [3.05, 3.63) is 0 Å². The van der Waals surface area contributed by atoms with E-state index in [0.717, 1.165) is 6.42 Å². The van der Waals surface area contributed by atoms with Crippen LogP contribution in [0.25, 0.3) is 0 Å². The average Bonchev–Trinajstić information content (AvgIpc) is 2.49. The molecule has 2 amide bonds. The number of unbranched alkanes of at least 4 members (excludes halogenated alkanes) is 1. The van der Waals surface area contributed by atoms with Crippen molar-refractivity contribution < 1.29 is 19.4 Å². The van der Waals surface area contributed by atoms with E-state index in [9.17, 15) is 14.7 Å². The largest absolute Gasteiger partial charge is 0.391 e. The Hall–Kier alpha value is -1.22. The van der Waals surface area contributed by atoms with Crippen LogP contribution >= 0.6 is 0 Å². The highest BCUT2D eigenvalue weighted by molar-refractivity contribution is 6.04. The zero-order valence-corrected chi connectivity index (χ0v) is 13.7. The Morgan fingerprint density at radius 3 is 2.14 bits per heavy atom. The quantitative estimate of drug-likeness (QED) is 0.151. The molecule has 22 heavy (non-hydrogen) atoms. The van der Waals surface area contributed by atoms with E-state index >= 15 is 0 Å². The molecule has 0 aliphatic rings. The number of rotatable bonds is 11. The molecular weight excluding hydrogens is 288 g/mol. The molecule has 7 N–H and O–H groups in total. The summed E-state index contributed by atoms with van der Waals surface area (Å²) in [6.45, 7) is 6.45. The average molecular weight is 318 g/mol. The number of ether oxygens (including phenoxy) is 1. The van der Waals surface area contributed by atoms with Gasteiger partial charge < -0.3 is 9.84 Å². The van der Waals surface area contributed by atoms with Gasteiger partial charge in [0.25, 0.3) is 0 Å². The Kier molecular flexibility index (Phi) is 9.91. The number of hydrazine groups is 2. The van der Waals surface area contributed by atoms with Gasteiger partial charge in [0, 0.05) is 6.61 Å². The third-order valence-electron chi connectivity index (χ3n) is 3.43. The number of nitrogens with one attached hydrogen (secondary N) is 2. The van der Waals surface area contributed by atoms with Crippen molar-refractivity contribution in [3.8, 4) is 0 Å².